The molecule has 0 unspecified atom stereocenters. The first-order valence-corrected chi connectivity index (χ1v) is 9.55. The normalized spacial score (nSPS) is 12.6. The second kappa shape index (κ2) is 8.45. The van der Waals surface area contributed by atoms with E-state index in [4.69, 9.17) is 0 Å². The Balaban J connectivity index is 1.40. The second-order valence-electron chi connectivity index (χ2n) is 5.59. The van der Waals surface area contributed by atoms with Crippen molar-refractivity contribution in [2.24, 2.45) is 0 Å². The van der Waals surface area contributed by atoms with Crippen LogP contribution >= 0.6 is 23.3 Å². The molecule has 2 N–H and O–H groups in total. The second-order valence-corrected chi connectivity index (χ2v) is 7.28. The quantitative estimate of drug-likeness (QED) is 0.477. The standard InChI is InChI=1S/C18H21N3S2/c1-14(11-19-7-4-15-6-9-22-13-15)21-23-18-3-2-17-12-20-8-5-16(17)10-18/h2-3,5-6,8-10,12-14,19,21H,4,7,11H2,1H3/t14-/m1/s1. The van der Waals surface area contributed by atoms with Crippen molar-refractivity contribution in [2.75, 3.05) is 13.1 Å². The molecule has 3 rings (SSSR count). The molecule has 3 aromatic rings. The SMILES string of the molecule is C[C@H](CNCCc1ccsc1)NSc1ccc2cnccc2c1. The van der Waals surface area contributed by atoms with E-state index in [1.54, 1.807) is 23.3 Å². The first kappa shape index (κ1) is 16.5. The number of hydrogen-bond acceptors (Lipinski definition) is 5. The number of thiophene rings is 1. The summed E-state index contributed by atoms with van der Waals surface area (Å²) in [6, 6.07) is 11.1. The van der Waals surface area contributed by atoms with Crippen molar-refractivity contribution in [1.29, 1.82) is 0 Å². The highest BCUT2D eigenvalue weighted by atomic mass is 32.2. The largest absolute Gasteiger partial charge is 0.315 e. The van der Waals surface area contributed by atoms with Crippen LogP contribution in [0.3, 0.4) is 0 Å². The minimum Gasteiger partial charge on any atom is -0.315 e. The van der Waals surface area contributed by atoms with Crippen molar-refractivity contribution >= 4 is 34.1 Å². The lowest BCUT2D eigenvalue weighted by atomic mass is 10.2. The van der Waals surface area contributed by atoms with Gasteiger partial charge in [0.25, 0.3) is 0 Å². The molecule has 0 bridgehead atoms. The summed E-state index contributed by atoms with van der Waals surface area (Å²) in [7, 11) is 0. The maximum absolute atomic E-state index is 4.15. The Morgan fingerprint density at radius 3 is 3.04 bits per heavy atom. The van der Waals surface area contributed by atoms with Crippen molar-refractivity contribution in [1.82, 2.24) is 15.0 Å². The van der Waals surface area contributed by atoms with Crippen LogP contribution in [0.1, 0.15) is 12.5 Å². The third kappa shape index (κ3) is 5.04. The number of aromatic nitrogens is 1. The van der Waals surface area contributed by atoms with Crippen LogP contribution in [0.25, 0.3) is 10.8 Å². The van der Waals surface area contributed by atoms with Gasteiger partial charge in [0.2, 0.25) is 0 Å². The maximum Gasteiger partial charge on any atom is 0.0346 e. The fraction of sp³-hybridized carbons (Fsp3) is 0.278. The first-order chi connectivity index (χ1) is 11.3. The molecule has 1 aromatic carbocycles. The minimum absolute atomic E-state index is 0.413. The Morgan fingerprint density at radius 1 is 1.22 bits per heavy atom. The van der Waals surface area contributed by atoms with Gasteiger partial charge in [0, 0.05) is 35.3 Å². The molecule has 1 atom stereocenters. The molecule has 0 radical (unpaired) electrons. The predicted molar refractivity (Wildman–Crippen MR) is 101 cm³/mol. The van der Waals surface area contributed by atoms with Crippen LogP contribution in [0.5, 0.6) is 0 Å². The van der Waals surface area contributed by atoms with Gasteiger partial charge >= 0.3 is 0 Å². The van der Waals surface area contributed by atoms with Gasteiger partial charge in [-0.05, 0) is 77.8 Å². The number of hydrogen-bond donors (Lipinski definition) is 2. The van der Waals surface area contributed by atoms with Crippen molar-refractivity contribution in [3.05, 3.63) is 59.0 Å². The number of pyridine rings is 1. The smallest absolute Gasteiger partial charge is 0.0346 e. The summed E-state index contributed by atoms with van der Waals surface area (Å²) in [5.41, 5.74) is 1.42. The molecule has 3 nitrogen and oxygen atoms in total. The van der Waals surface area contributed by atoms with E-state index in [2.05, 4.69) is 63.0 Å². The third-order valence-corrected chi connectivity index (χ3v) is 5.35. The number of rotatable bonds is 8. The van der Waals surface area contributed by atoms with Gasteiger partial charge in [-0.25, -0.2) is 0 Å². The number of nitrogens with zero attached hydrogens (tertiary/aromatic N) is 1. The van der Waals surface area contributed by atoms with Gasteiger partial charge in [-0.2, -0.15) is 11.3 Å². The van der Waals surface area contributed by atoms with Crippen molar-refractivity contribution in [2.45, 2.75) is 24.3 Å². The summed E-state index contributed by atoms with van der Waals surface area (Å²) in [5.74, 6) is 0. The van der Waals surface area contributed by atoms with E-state index in [-0.39, 0.29) is 0 Å². The summed E-state index contributed by atoms with van der Waals surface area (Å²) in [6.07, 6.45) is 4.84. The molecule has 120 valence electrons. The highest BCUT2D eigenvalue weighted by molar-refractivity contribution is 7.97. The zero-order valence-corrected chi connectivity index (χ0v) is 14.8. The minimum atomic E-state index is 0.413. The molecule has 0 saturated carbocycles. The molecule has 2 aromatic heterocycles. The average molecular weight is 344 g/mol. The highest BCUT2D eigenvalue weighted by Gasteiger charge is 2.03. The lowest BCUT2D eigenvalue weighted by Gasteiger charge is -2.14. The Labute approximate surface area is 145 Å². The van der Waals surface area contributed by atoms with Crippen LogP contribution in [0, 0.1) is 0 Å². The summed E-state index contributed by atoms with van der Waals surface area (Å²) < 4.78 is 3.50. The van der Waals surface area contributed by atoms with E-state index in [9.17, 15) is 0 Å². The molecule has 5 heteroatoms. The molecule has 0 fully saturated rings. The predicted octanol–water partition coefficient (Wildman–Crippen LogP) is 4.11. The number of nitrogens with one attached hydrogen (secondary N) is 2. The summed E-state index contributed by atoms with van der Waals surface area (Å²) >= 11 is 3.45. The summed E-state index contributed by atoms with van der Waals surface area (Å²) in [5, 5.41) is 10.3. The van der Waals surface area contributed by atoms with Gasteiger partial charge in [0.1, 0.15) is 0 Å². The maximum atomic E-state index is 4.15. The van der Waals surface area contributed by atoms with Gasteiger partial charge in [0.15, 0.2) is 0 Å². The molecular weight excluding hydrogens is 322 g/mol. The Morgan fingerprint density at radius 2 is 2.17 bits per heavy atom. The van der Waals surface area contributed by atoms with Gasteiger partial charge in [-0.3, -0.25) is 9.71 Å². The highest BCUT2D eigenvalue weighted by Crippen LogP contribution is 2.21. The molecule has 0 saturated heterocycles. The lowest BCUT2D eigenvalue weighted by Crippen LogP contribution is -2.33. The van der Waals surface area contributed by atoms with Crippen LogP contribution in [0.15, 0.2) is 58.4 Å². The first-order valence-electron chi connectivity index (χ1n) is 7.79. The van der Waals surface area contributed by atoms with Gasteiger partial charge in [-0.1, -0.05) is 6.07 Å². The van der Waals surface area contributed by atoms with Gasteiger partial charge in [-0.15, -0.1) is 0 Å². The molecular formula is C18H21N3S2. The fourth-order valence-corrected chi connectivity index (χ4v) is 3.77. The van der Waals surface area contributed by atoms with E-state index < -0.39 is 0 Å². The zero-order chi connectivity index (χ0) is 15.9. The molecule has 0 aliphatic carbocycles. The van der Waals surface area contributed by atoms with E-state index in [0.29, 0.717) is 6.04 Å². The Bertz CT molecular complexity index is 728. The third-order valence-electron chi connectivity index (χ3n) is 3.61. The van der Waals surface area contributed by atoms with Gasteiger partial charge < -0.3 is 5.32 Å². The van der Waals surface area contributed by atoms with Crippen molar-refractivity contribution in [3.8, 4) is 0 Å². The van der Waals surface area contributed by atoms with Crippen molar-refractivity contribution < 1.29 is 0 Å². The Kier molecular flexibility index (Phi) is 6.05. The van der Waals surface area contributed by atoms with Crippen molar-refractivity contribution in [3.63, 3.8) is 0 Å². The molecule has 0 spiro atoms. The number of fused-ring (bicyclic) bond motifs is 1. The van der Waals surface area contributed by atoms with E-state index >= 15 is 0 Å². The average Bonchev–Trinajstić information content (AvgIpc) is 3.10. The topological polar surface area (TPSA) is 37.0 Å². The summed E-state index contributed by atoms with van der Waals surface area (Å²) in [4.78, 5) is 5.38. The van der Waals surface area contributed by atoms with Crippen LogP contribution in [-0.2, 0) is 6.42 Å². The molecule has 23 heavy (non-hydrogen) atoms. The lowest BCUT2D eigenvalue weighted by molar-refractivity contribution is 0.586. The van der Waals surface area contributed by atoms with Crippen LogP contribution < -0.4 is 10.0 Å². The van der Waals surface area contributed by atoms with E-state index in [0.717, 1.165) is 19.5 Å². The Hall–Kier alpha value is -1.40. The van der Waals surface area contributed by atoms with E-state index in [1.807, 2.05) is 12.4 Å². The molecule has 0 aliphatic heterocycles. The van der Waals surface area contributed by atoms with Gasteiger partial charge in [0.05, 0.1) is 0 Å². The van der Waals surface area contributed by atoms with Crippen LogP contribution in [0.4, 0.5) is 0 Å². The molecule has 0 aliphatic rings. The molecule has 2 heterocycles. The summed E-state index contributed by atoms with van der Waals surface area (Å²) in [6.45, 7) is 4.20. The van der Waals surface area contributed by atoms with E-state index in [1.165, 1.54) is 21.2 Å². The zero-order valence-electron chi connectivity index (χ0n) is 13.2. The monoisotopic (exact) mass is 343 g/mol. The molecule has 0 amide bonds. The van der Waals surface area contributed by atoms with Crippen LogP contribution in [0.2, 0.25) is 0 Å². The fourth-order valence-electron chi connectivity index (χ4n) is 2.32. The number of benzene rings is 1. The van der Waals surface area contributed by atoms with Crippen LogP contribution in [-0.4, -0.2) is 24.1 Å².